The zero-order valence-electron chi connectivity index (χ0n) is 6.63. The minimum absolute atomic E-state index is 0.208. The Morgan fingerprint density at radius 2 is 2.18 bits per heavy atom. The first-order chi connectivity index (χ1) is 5.18. The van der Waals surface area contributed by atoms with Gasteiger partial charge in [-0.1, -0.05) is 12.2 Å². The van der Waals surface area contributed by atoms with E-state index in [1.54, 1.807) is 6.20 Å². The van der Waals surface area contributed by atoms with Gasteiger partial charge in [0.05, 0.1) is 6.10 Å². The van der Waals surface area contributed by atoms with Gasteiger partial charge in [0.15, 0.2) is 0 Å². The summed E-state index contributed by atoms with van der Waals surface area (Å²) in [5, 5.41) is 0. The smallest absolute Gasteiger partial charge is 0.135 e. The molecule has 11 heavy (non-hydrogen) atoms. The number of ether oxygens (including phenoxy) is 1. The highest BCUT2D eigenvalue weighted by atomic mass is 32.1. The summed E-state index contributed by atoms with van der Waals surface area (Å²) in [5.74, 6) is 0.827. The van der Waals surface area contributed by atoms with Gasteiger partial charge in [0, 0.05) is 6.20 Å². The topological polar surface area (TPSA) is 25.0 Å². The van der Waals surface area contributed by atoms with E-state index in [0.717, 1.165) is 10.4 Å². The van der Waals surface area contributed by atoms with Crippen LogP contribution in [0.4, 0.5) is 0 Å². The van der Waals surface area contributed by atoms with E-state index in [1.807, 2.05) is 26.0 Å². The maximum absolute atomic E-state index is 5.39. The lowest BCUT2D eigenvalue weighted by molar-refractivity contribution is 0.241. The molecule has 3 heteroatoms. The molecule has 0 radical (unpaired) electrons. The van der Waals surface area contributed by atoms with Crippen LogP contribution in [0.3, 0.4) is 0 Å². The molecule has 0 aromatic carbocycles. The Labute approximate surface area is 71.2 Å². The normalized spacial score (nSPS) is 10.1. The third-order valence-corrected chi connectivity index (χ3v) is 1.38. The molecule has 0 bridgehead atoms. The average Bonchev–Trinajstić information content (AvgIpc) is 1.93. The number of rotatable bonds is 2. The van der Waals surface area contributed by atoms with Gasteiger partial charge in [0.1, 0.15) is 10.4 Å². The van der Waals surface area contributed by atoms with Crippen molar-refractivity contribution in [3.63, 3.8) is 0 Å². The van der Waals surface area contributed by atoms with E-state index in [9.17, 15) is 0 Å². The van der Waals surface area contributed by atoms with Crippen LogP contribution in [0, 0.1) is 4.64 Å². The Bertz CT molecular complexity index is 259. The molecular formula is C8H11NOS. The first kappa shape index (κ1) is 8.27. The number of H-pyrrole nitrogens is 1. The molecule has 0 saturated heterocycles. The molecule has 0 saturated carbocycles. The standard InChI is InChI=1S/C8H11NOS/c1-6(2)10-7-3-4-8(11)9-5-7/h3-6H,1-2H3,(H,9,11). The molecule has 0 aliphatic rings. The molecule has 1 aromatic heterocycles. The van der Waals surface area contributed by atoms with Crippen molar-refractivity contribution in [1.29, 1.82) is 0 Å². The second-order valence-electron chi connectivity index (χ2n) is 2.56. The van der Waals surface area contributed by atoms with E-state index in [2.05, 4.69) is 4.98 Å². The van der Waals surface area contributed by atoms with Crippen molar-refractivity contribution in [1.82, 2.24) is 4.98 Å². The van der Waals surface area contributed by atoms with Gasteiger partial charge in [-0.2, -0.15) is 0 Å². The van der Waals surface area contributed by atoms with Gasteiger partial charge < -0.3 is 9.72 Å². The van der Waals surface area contributed by atoms with Gasteiger partial charge in [-0.15, -0.1) is 0 Å². The summed E-state index contributed by atoms with van der Waals surface area (Å²) in [5.41, 5.74) is 0. The SMILES string of the molecule is CC(C)Oc1ccc(=S)[nH]c1. The summed E-state index contributed by atoms with van der Waals surface area (Å²) < 4.78 is 6.11. The minimum Gasteiger partial charge on any atom is -0.489 e. The van der Waals surface area contributed by atoms with Crippen LogP contribution in [0.25, 0.3) is 0 Å². The molecule has 1 aromatic rings. The fraction of sp³-hybridized carbons (Fsp3) is 0.375. The summed E-state index contributed by atoms with van der Waals surface area (Å²) in [4.78, 5) is 2.90. The van der Waals surface area contributed by atoms with E-state index in [4.69, 9.17) is 17.0 Å². The summed E-state index contributed by atoms with van der Waals surface area (Å²) in [6, 6.07) is 3.67. The molecule has 60 valence electrons. The molecule has 0 spiro atoms. The summed E-state index contributed by atoms with van der Waals surface area (Å²) in [6.07, 6.45) is 1.97. The molecule has 0 aliphatic heterocycles. The number of hydrogen-bond acceptors (Lipinski definition) is 2. The summed E-state index contributed by atoms with van der Waals surface area (Å²) in [6.45, 7) is 3.98. The Hall–Kier alpha value is -0.830. The van der Waals surface area contributed by atoms with Gasteiger partial charge in [0.2, 0.25) is 0 Å². The molecular weight excluding hydrogens is 158 g/mol. The molecule has 0 atom stereocenters. The van der Waals surface area contributed by atoms with E-state index in [0.29, 0.717) is 0 Å². The Balaban J connectivity index is 2.74. The summed E-state index contributed by atoms with van der Waals surface area (Å²) in [7, 11) is 0. The number of hydrogen-bond donors (Lipinski definition) is 1. The van der Waals surface area contributed by atoms with Crippen LogP contribution in [0.15, 0.2) is 18.3 Å². The van der Waals surface area contributed by atoms with Crippen molar-refractivity contribution >= 4 is 12.2 Å². The van der Waals surface area contributed by atoms with Crippen molar-refractivity contribution in [2.24, 2.45) is 0 Å². The third-order valence-electron chi connectivity index (χ3n) is 1.13. The van der Waals surface area contributed by atoms with Crippen molar-refractivity contribution in [2.45, 2.75) is 20.0 Å². The quantitative estimate of drug-likeness (QED) is 0.688. The first-order valence-electron chi connectivity index (χ1n) is 3.54. The molecule has 1 heterocycles. The van der Waals surface area contributed by atoms with Crippen LogP contribution in [0.1, 0.15) is 13.8 Å². The lowest BCUT2D eigenvalue weighted by Crippen LogP contribution is -2.05. The van der Waals surface area contributed by atoms with E-state index in [1.165, 1.54) is 0 Å². The van der Waals surface area contributed by atoms with Crippen LogP contribution in [0.5, 0.6) is 5.75 Å². The van der Waals surface area contributed by atoms with Crippen LogP contribution < -0.4 is 4.74 Å². The fourth-order valence-electron chi connectivity index (χ4n) is 0.742. The van der Waals surface area contributed by atoms with Crippen molar-refractivity contribution in [2.75, 3.05) is 0 Å². The van der Waals surface area contributed by atoms with Crippen LogP contribution in [0.2, 0.25) is 0 Å². The number of nitrogens with one attached hydrogen (secondary N) is 1. The van der Waals surface area contributed by atoms with Crippen molar-refractivity contribution < 1.29 is 4.74 Å². The average molecular weight is 169 g/mol. The highest BCUT2D eigenvalue weighted by Gasteiger charge is 1.94. The highest BCUT2D eigenvalue weighted by Crippen LogP contribution is 2.08. The second kappa shape index (κ2) is 3.53. The molecule has 0 aliphatic carbocycles. The van der Waals surface area contributed by atoms with Gasteiger partial charge in [-0.05, 0) is 26.0 Å². The Kier molecular flexibility index (Phi) is 2.65. The van der Waals surface area contributed by atoms with Crippen LogP contribution in [-0.4, -0.2) is 11.1 Å². The molecule has 1 N–H and O–H groups in total. The Morgan fingerprint density at radius 3 is 2.64 bits per heavy atom. The lowest BCUT2D eigenvalue weighted by atomic mass is 10.4. The monoisotopic (exact) mass is 169 g/mol. The largest absolute Gasteiger partial charge is 0.489 e. The molecule has 1 rings (SSSR count). The number of aromatic amines is 1. The number of aromatic nitrogens is 1. The van der Waals surface area contributed by atoms with Crippen molar-refractivity contribution in [3.8, 4) is 5.75 Å². The lowest BCUT2D eigenvalue weighted by Gasteiger charge is -2.07. The van der Waals surface area contributed by atoms with E-state index >= 15 is 0 Å². The Morgan fingerprint density at radius 1 is 1.45 bits per heavy atom. The predicted octanol–water partition coefficient (Wildman–Crippen LogP) is 2.53. The van der Waals surface area contributed by atoms with Gasteiger partial charge in [0.25, 0.3) is 0 Å². The number of pyridine rings is 1. The maximum Gasteiger partial charge on any atom is 0.135 e. The van der Waals surface area contributed by atoms with E-state index < -0.39 is 0 Å². The third kappa shape index (κ3) is 2.72. The van der Waals surface area contributed by atoms with E-state index in [-0.39, 0.29) is 6.10 Å². The second-order valence-corrected chi connectivity index (χ2v) is 3.00. The fourth-order valence-corrected chi connectivity index (χ4v) is 0.869. The zero-order valence-corrected chi connectivity index (χ0v) is 7.44. The first-order valence-corrected chi connectivity index (χ1v) is 3.94. The van der Waals surface area contributed by atoms with Crippen molar-refractivity contribution in [3.05, 3.63) is 23.0 Å². The summed E-state index contributed by atoms with van der Waals surface area (Å²) >= 11 is 4.87. The predicted molar refractivity (Wildman–Crippen MR) is 47.4 cm³/mol. The highest BCUT2D eigenvalue weighted by molar-refractivity contribution is 7.71. The molecule has 0 unspecified atom stereocenters. The zero-order chi connectivity index (χ0) is 8.27. The van der Waals surface area contributed by atoms with Crippen LogP contribution >= 0.6 is 12.2 Å². The minimum atomic E-state index is 0.208. The van der Waals surface area contributed by atoms with Gasteiger partial charge in [-0.25, -0.2) is 0 Å². The molecule has 2 nitrogen and oxygen atoms in total. The maximum atomic E-state index is 5.39. The molecule has 0 fully saturated rings. The van der Waals surface area contributed by atoms with Crippen LogP contribution in [-0.2, 0) is 0 Å². The van der Waals surface area contributed by atoms with Gasteiger partial charge >= 0.3 is 0 Å². The van der Waals surface area contributed by atoms with Gasteiger partial charge in [-0.3, -0.25) is 0 Å². The molecule has 0 amide bonds.